The highest BCUT2D eigenvalue weighted by atomic mass is 19.4. The molecular weight excluding hydrogens is 399 g/mol. The minimum absolute atomic E-state index is 0.121. The van der Waals surface area contributed by atoms with Crippen LogP contribution in [0.1, 0.15) is 11.1 Å². The maximum Gasteiger partial charge on any atom is 0.433 e. The largest absolute Gasteiger partial charge is 0.433 e. The van der Waals surface area contributed by atoms with E-state index in [1.54, 1.807) is 0 Å². The molecule has 4 nitrogen and oxygen atoms in total. The number of anilines is 1. The monoisotopic (exact) mass is 408 g/mol. The molecule has 0 spiro atoms. The molecule has 0 unspecified atom stereocenters. The lowest BCUT2D eigenvalue weighted by Crippen LogP contribution is -2.42. The molecular formula is C14H9F9N2O2. The van der Waals surface area contributed by atoms with Crippen LogP contribution in [0.3, 0.4) is 0 Å². The number of nitrogens with zero attached hydrogens (tertiary/aromatic N) is 2. The van der Waals surface area contributed by atoms with Gasteiger partial charge in [-0.15, -0.1) is 0 Å². The van der Waals surface area contributed by atoms with Gasteiger partial charge in [-0.25, -0.2) is 0 Å². The number of hydrogen-bond donors (Lipinski definition) is 1. The lowest BCUT2D eigenvalue weighted by molar-refractivity contribution is -0.258. The molecule has 0 aromatic heterocycles. The normalized spacial score (nSPS) is 22.6. The second kappa shape index (κ2) is 6.75. The number of ether oxygens (including phenoxy) is 1. The second-order valence-electron chi connectivity index (χ2n) is 5.55. The molecule has 0 saturated carbocycles. The van der Waals surface area contributed by atoms with Gasteiger partial charge in [0.25, 0.3) is 0 Å². The zero-order valence-electron chi connectivity index (χ0n) is 12.8. The third kappa shape index (κ3) is 4.38. The number of aliphatic hydroxyl groups excluding tert-OH is 1. The SMILES string of the molecule is N#Cc1ccc(N2C[C@H]([C@@H](O)C(F)(F)F)O[C@@H]2C(F)(F)F)cc1C(F)(F)F. The first-order chi connectivity index (χ1) is 12.2. The number of benzene rings is 1. The Morgan fingerprint density at radius 1 is 1.11 bits per heavy atom. The van der Waals surface area contributed by atoms with Crippen LogP contribution >= 0.6 is 0 Å². The van der Waals surface area contributed by atoms with E-state index in [9.17, 15) is 39.5 Å². The van der Waals surface area contributed by atoms with E-state index in [1.165, 1.54) is 6.07 Å². The van der Waals surface area contributed by atoms with E-state index in [0.717, 1.165) is 6.07 Å². The summed E-state index contributed by atoms with van der Waals surface area (Å²) in [5.74, 6) is 0. The Morgan fingerprint density at radius 2 is 1.70 bits per heavy atom. The van der Waals surface area contributed by atoms with Crippen molar-refractivity contribution in [2.24, 2.45) is 0 Å². The van der Waals surface area contributed by atoms with Gasteiger partial charge in [0.2, 0.25) is 6.23 Å². The Labute approximate surface area is 145 Å². The predicted molar refractivity (Wildman–Crippen MR) is 70.3 cm³/mol. The van der Waals surface area contributed by atoms with Gasteiger partial charge in [0.15, 0.2) is 6.10 Å². The summed E-state index contributed by atoms with van der Waals surface area (Å²) in [5.41, 5.74) is -3.19. The lowest BCUT2D eigenvalue weighted by Gasteiger charge is -2.27. The quantitative estimate of drug-likeness (QED) is 0.761. The summed E-state index contributed by atoms with van der Waals surface area (Å²) in [5, 5.41) is 17.8. The minimum atomic E-state index is -5.29. The fourth-order valence-corrected chi connectivity index (χ4v) is 2.49. The molecule has 0 radical (unpaired) electrons. The zero-order valence-corrected chi connectivity index (χ0v) is 12.8. The van der Waals surface area contributed by atoms with Gasteiger partial charge in [-0.1, -0.05) is 0 Å². The molecule has 1 heterocycles. The van der Waals surface area contributed by atoms with Gasteiger partial charge in [0, 0.05) is 12.2 Å². The van der Waals surface area contributed by atoms with Crippen molar-refractivity contribution < 1.29 is 49.4 Å². The molecule has 0 bridgehead atoms. The topological polar surface area (TPSA) is 56.5 Å². The van der Waals surface area contributed by atoms with Gasteiger partial charge in [0.05, 0.1) is 17.2 Å². The van der Waals surface area contributed by atoms with Gasteiger partial charge >= 0.3 is 18.5 Å². The van der Waals surface area contributed by atoms with Crippen LogP contribution in [-0.4, -0.2) is 42.4 Å². The molecule has 3 atom stereocenters. The Hall–Kier alpha value is -2.20. The fourth-order valence-electron chi connectivity index (χ4n) is 2.49. The Bertz CT molecular complexity index is 736. The van der Waals surface area contributed by atoms with Gasteiger partial charge < -0.3 is 14.7 Å². The summed E-state index contributed by atoms with van der Waals surface area (Å²) in [6.45, 7) is -1.17. The van der Waals surface area contributed by atoms with E-state index in [2.05, 4.69) is 4.74 Å². The Balaban J connectivity index is 2.47. The average molecular weight is 408 g/mol. The Kier molecular flexibility index (Phi) is 5.28. The van der Waals surface area contributed by atoms with Crippen molar-refractivity contribution in [2.75, 3.05) is 11.4 Å². The number of alkyl halides is 9. The lowest BCUT2D eigenvalue weighted by atomic mass is 10.1. The number of rotatable bonds is 2. The molecule has 0 aliphatic carbocycles. The van der Waals surface area contributed by atoms with Crippen molar-refractivity contribution in [1.29, 1.82) is 5.26 Å². The summed E-state index contributed by atoms with van der Waals surface area (Å²) < 4.78 is 120. The van der Waals surface area contributed by atoms with E-state index in [-0.39, 0.29) is 11.0 Å². The fraction of sp³-hybridized carbons (Fsp3) is 0.500. The van der Waals surface area contributed by atoms with Gasteiger partial charge in [0.1, 0.15) is 6.10 Å². The van der Waals surface area contributed by atoms with Gasteiger partial charge in [-0.05, 0) is 18.2 Å². The van der Waals surface area contributed by atoms with E-state index in [0.29, 0.717) is 6.07 Å². The first-order valence-corrected chi connectivity index (χ1v) is 7.01. The van der Waals surface area contributed by atoms with Crippen LogP contribution in [-0.2, 0) is 10.9 Å². The smallest absolute Gasteiger partial charge is 0.381 e. The average Bonchev–Trinajstić information content (AvgIpc) is 2.97. The van der Waals surface area contributed by atoms with Crippen molar-refractivity contribution in [3.8, 4) is 6.07 Å². The summed E-state index contributed by atoms with van der Waals surface area (Å²) in [4.78, 5) is 0.121. The summed E-state index contributed by atoms with van der Waals surface area (Å²) >= 11 is 0. The number of aliphatic hydroxyl groups is 1. The third-order valence-electron chi connectivity index (χ3n) is 3.69. The van der Waals surface area contributed by atoms with Crippen LogP contribution in [0.25, 0.3) is 0 Å². The van der Waals surface area contributed by atoms with Crippen molar-refractivity contribution >= 4 is 5.69 Å². The molecule has 1 aliphatic heterocycles. The van der Waals surface area contributed by atoms with E-state index >= 15 is 0 Å². The molecule has 2 rings (SSSR count). The van der Waals surface area contributed by atoms with Crippen LogP contribution < -0.4 is 4.90 Å². The van der Waals surface area contributed by atoms with E-state index < -0.39 is 60.3 Å². The summed E-state index contributed by atoms with van der Waals surface area (Å²) in [6, 6.07) is 2.76. The highest BCUT2D eigenvalue weighted by Crippen LogP contribution is 2.40. The first kappa shape index (κ1) is 21.1. The third-order valence-corrected chi connectivity index (χ3v) is 3.69. The van der Waals surface area contributed by atoms with E-state index in [4.69, 9.17) is 10.4 Å². The molecule has 27 heavy (non-hydrogen) atoms. The number of nitriles is 1. The first-order valence-electron chi connectivity index (χ1n) is 7.01. The highest BCUT2D eigenvalue weighted by Gasteiger charge is 2.56. The van der Waals surface area contributed by atoms with Crippen molar-refractivity contribution in [2.45, 2.75) is 37.0 Å². The Morgan fingerprint density at radius 3 is 2.15 bits per heavy atom. The van der Waals surface area contributed by atoms with E-state index in [1.807, 2.05) is 0 Å². The summed E-state index contributed by atoms with van der Waals surface area (Å²) in [6.07, 6.45) is -24.3. The highest BCUT2D eigenvalue weighted by molar-refractivity contribution is 5.56. The maximum atomic E-state index is 13.1. The molecule has 1 aromatic rings. The number of hydrogen-bond acceptors (Lipinski definition) is 4. The zero-order chi connectivity index (χ0) is 20.8. The predicted octanol–water partition coefficient (Wildman–Crippen LogP) is 3.59. The van der Waals surface area contributed by atoms with Gasteiger partial charge in [-0.2, -0.15) is 44.8 Å². The summed E-state index contributed by atoms with van der Waals surface area (Å²) in [7, 11) is 0. The second-order valence-corrected chi connectivity index (χ2v) is 5.55. The number of halogens is 9. The van der Waals surface area contributed by atoms with Crippen LogP contribution in [0.2, 0.25) is 0 Å². The van der Waals surface area contributed by atoms with Crippen molar-refractivity contribution in [1.82, 2.24) is 0 Å². The maximum absolute atomic E-state index is 13.1. The molecule has 1 N–H and O–H groups in total. The van der Waals surface area contributed by atoms with Crippen molar-refractivity contribution in [3.63, 3.8) is 0 Å². The molecule has 1 aliphatic rings. The molecule has 1 saturated heterocycles. The van der Waals surface area contributed by atoms with Crippen LogP contribution in [0.15, 0.2) is 18.2 Å². The van der Waals surface area contributed by atoms with Gasteiger partial charge in [-0.3, -0.25) is 0 Å². The molecule has 13 heteroatoms. The molecule has 150 valence electrons. The molecule has 0 amide bonds. The molecule has 1 aromatic carbocycles. The van der Waals surface area contributed by atoms with Crippen molar-refractivity contribution in [3.05, 3.63) is 29.3 Å². The van der Waals surface area contributed by atoms with Crippen LogP contribution in [0, 0.1) is 11.3 Å². The standard InChI is InChI=1S/C14H9F9N2O2/c15-12(16,17)8-3-7(2-1-6(8)4-24)25-5-9(10(26)13(18,19)20)27-11(25)14(21,22)23/h1-3,9-11,26H,5H2/t9-,10-,11-/m1/s1. The minimum Gasteiger partial charge on any atom is -0.381 e. The molecule has 1 fully saturated rings. The van der Waals surface area contributed by atoms with Crippen LogP contribution in [0.4, 0.5) is 45.2 Å². The van der Waals surface area contributed by atoms with Crippen LogP contribution in [0.5, 0.6) is 0 Å².